The summed E-state index contributed by atoms with van der Waals surface area (Å²) < 4.78 is 5.66. The van der Waals surface area contributed by atoms with Crippen molar-refractivity contribution in [3.8, 4) is 5.75 Å². The third kappa shape index (κ3) is 5.35. The number of nitrogens with one attached hydrogen (secondary N) is 2. The monoisotopic (exact) mass is 405 g/mol. The molecule has 2 aromatic rings. The molecular formula is C17H22Cl3N3O2. The number of nitrogens with zero attached hydrogens (tertiary/aromatic N) is 1. The predicted molar refractivity (Wildman–Crippen MR) is 105 cm³/mol. The number of carbonyl (C=O) groups is 1. The number of fused-ring (bicyclic) bond motifs is 1. The van der Waals surface area contributed by atoms with E-state index < -0.39 is 0 Å². The molecule has 25 heavy (non-hydrogen) atoms. The number of pyridine rings is 1. The van der Waals surface area contributed by atoms with Crippen LogP contribution in [0.5, 0.6) is 5.75 Å². The van der Waals surface area contributed by atoms with Crippen molar-refractivity contribution in [2.75, 3.05) is 19.7 Å². The van der Waals surface area contributed by atoms with Gasteiger partial charge in [0.05, 0.1) is 5.02 Å². The van der Waals surface area contributed by atoms with E-state index in [1.54, 1.807) is 18.3 Å². The van der Waals surface area contributed by atoms with E-state index >= 15 is 0 Å². The smallest absolute Gasteiger partial charge is 0.258 e. The highest BCUT2D eigenvalue weighted by Crippen LogP contribution is 2.29. The molecule has 1 saturated heterocycles. The normalized spacial score (nSPS) is 19.4. The molecule has 0 aliphatic carbocycles. The number of piperidine rings is 1. The standard InChI is InChI=1S/C17H20ClN3O2.2ClH/c1-11-9-19-8-6-14(11)21-16(22)10-23-15-5-4-13(18)12-3-2-7-20-17(12)15;;/h2-5,7,11,14,19H,6,8-10H2,1H3,(H,21,22);2*1H. The molecule has 2 N–H and O–H groups in total. The van der Waals surface area contributed by atoms with Crippen molar-refractivity contribution in [2.24, 2.45) is 5.92 Å². The van der Waals surface area contributed by atoms with E-state index in [1.807, 2.05) is 12.1 Å². The van der Waals surface area contributed by atoms with Crippen LogP contribution < -0.4 is 15.4 Å². The predicted octanol–water partition coefficient (Wildman–Crippen LogP) is 3.22. The lowest BCUT2D eigenvalue weighted by Crippen LogP contribution is -2.49. The van der Waals surface area contributed by atoms with Crippen LogP contribution in [0.4, 0.5) is 0 Å². The molecule has 0 spiro atoms. The second-order valence-electron chi connectivity index (χ2n) is 5.88. The summed E-state index contributed by atoms with van der Waals surface area (Å²) in [4.78, 5) is 16.4. The third-order valence-electron chi connectivity index (χ3n) is 4.17. The van der Waals surface area contributed by atoms with Crippen molar-refractivity contribution in [2.45, 2.75) is 19.4 Å². The molecule has 1 amide bonds. The first kappa shape index (κ1) is 21.8. The molecule has 5 nitrogen and oxygen atoms in total. The molecule has 1 aromatic heterocycles. The topological polar surface area (TPSA) is 63.2 Å². The van der Waals surface area contributed by atoms with E-state index in [0.29, 0.717) is 22.2 Å². The van der Waals surface area contributed by atoms with Crippen LogP contribution in [0.3, 0.4) is 0 Å². The first-order valence-corrected chi connectivity index (χ1v) is 8.19. The van der Waals surface area contributed by atoms with Crippen LogP contribution in [0.2, 0.25) is 5.02 Å². The Hall–Kier alpha value is -1.27. The van der Waals surface area contributed by atoms with Crippen LogP contribution in [0, 0.1) is 5.92 Å². The Morgan fingerprint density at radius 3 is 2.96 bits per heavy atom. The number of halogens is 3. The van der Waals surface area contributed by atoms with Crippen LogP contribution in [0.15, 0.2) is 30.5 Å². The van der Waals surface area contributed by atoms with Gasteiger partial charge in [-0.15, -0.1) is 24.8 Å². The average molecular weight is 407 g/mol. The molecule has 2 unspecified atom stereocenters. The van der Waals surface area contributed by atoms with Gasteiger partial charge in [0.15, 0.2) is 6.61 Å². The maximum Gasteiger partial charge on any atom is 0.258 e. The van der Waals surface area contributed by atoms with Gasteiger partial charge in [0, 0.05) is 17.6 Å². The molecule has 1 aliphatic heterocycles. The molecule has 2 atom stereocenters. The van der Waals surface area contributed by atoms with Gasteiger partial charge in [-0.1, -0.05) is 18.5 Å². The van der Waals surface area contributed by atoms with E-state index in [0.717, 1.165) is 24.9 Å². The molecule has 1 aromatic carbocycles. The van der Waals surface area contributed by atoms with Gasteiger partial charge in [-0.2, -0.15) is 0 Å². The van der Waals surface area contributed by atoms with E-state index in [2.05, 4.69) is 22.5 Å². The Balaban J connectivity index is 0.00000156. The quantitative estimate of drug-likeness (QED) is 0.818. The molecule has 1 aliphatic rings. The van der Waals surface area contributed by atoms with Gasteiger partial charge < -0.3 is 15.4 Å². The fourth-order valence-electron chi connectivity index (χ4n) is 2.85. The summed E-state index contributed by atoms with van der Waals surface area (Å²) in [6, 6.07) is 7.41. The molecule has 8 heteroatoms. The van der Waals surface area contributed by atoms with Crippen molar-refractivity contribution < 1.29 is 9.53 Å². The minimum atomic E-state index is -0.109. The summed E-state index contributed by atoms with van der Waals surface area (Å²) >= 11 is 6.16. The maximum atomic E-state index is 12.1. The Kier molecular flexibility index (Phi) is 8.73. The molecule has 0 bridgehead atoms. The lowest BCUT2D eigenvalue weighted by molar-refractivity contribution is -0.124. The molecule has 0 radical (unpaired) electrons. The molecule has 3 rings (SSSR count). The third-order valence-corrected chi connectivity index (χ3v) is 4.50. The molecule has 2 heterocycles. The number of hydrogen-bond donors (Lipinski definition) is 2. The van der Waals surface area contributed by atoms with Gasteiger partial charge >= 0.3 is 0 Å². The Bertz CT molecular complexity index is 715. The summed E-state index contributed by atoms with van der Waals surface area (Å²) in [5, 5.41) is 7.80. The van der Waals surface area contributed by atoms with Gasteiger partial charge in [-0.25, -0.2) is 0 Å². The van der Waals surface area contributed by atoms with Crippen molar-refractivity contribution >= 4 is 53.2 Å². The SMILES string of the molecule is CC1CNCCC1NC(=O)COc1ccc(Cl)c2cccnc12.Cl.Cl. The highest BCUT2D eigenvalue weighted by molar-refractivity contribution is 6.35. The van der Waals surface area contributed by atoms with Crippen molar-refractivity contribution in [3.63, 3.8) is 0 Å². The van der Waals surface area contributed by atoms with Crippen molar-refractivity contribution in [3.05, 3.63) is 35.5 Å². The summed E-state index contributed by atoms with van der Waals surface area (Å²) in [5.41, 5.74) is 0.669. The van der Waals surface area contributed by atoms with Crippen LogP contribution in [-0.2, 0) is 4.79 Å². The zero-order valence-corrected chi connectivity index (χ0v) is 16.2. The number of ether oxygens (including phenoxy) is 1. The summed E-state index contributed by atoms with van der Waals surface area (Å²) in [7, 11) is 0. The van der Waals surface area contributed by atoms with Crippen LogP contribution in [0.25, 0.3) is 10.9 Å². The summed E-state index contributed by atoms with van der Waals surface area (Å²) in [6.45, 7) is 3.97. The van der Waals surface area contributed by atoms with Gasteiger partial charge in [0.1, 0.15) is 11.3 Å². The van der Waals surface area contributed by atoms with Gasteiger partial charge in [0.25, 0.3) is 5.91 Å². The first-order valence-electron chi connectivity index (χ1n) is 7.81. The fourth-order valence-corrected chi connectivity index (χ4v) is 3.06. The zero-order valence-electron chi connectivity index (χ0n) is 13.8. The summed E-state index contributed by atoms with van der Waals surface area (Å²) in [5.74, 6) is 0.881. The second kappa shape index (κ2) is 10.0. The zero-order chi connectivity index (χ0) is 16.2. The number of rotatable bonds is 4. The number of hydrogen-bond acceptors (Lipinski definition) is 4. The van der Waals surface area contributed by atoms with Crippen LogP contribution in [0.1, 0.15) is 13.3 Å². The average Bonchev–Trinajstić information content (AvgIpc) is 2.57. The van der Waals surface area contributed by atoms with E-state index in [1.165, 1.54) is 0 Å². The van der Waals surface area contributed by atoms with E-state index in [4.69, 9.17) is 16.3 Å². The number of carbonyl (C=O) groups excluding carboxylic acids is 1. The largest absolute Gasteiger partial charge is 0.481 e. The number of amides is 1. The van der Waals surface area contributed by atoms with E-state index in [-0.39, 0.29) is 43.4 Å². The minimum Gasteiger partial charge on any atom is -0.481 e. The molecule has 138 valence electrons. The Labute approximate surface area is 164 Å². The van der Waals surface area contributed by atoms with Crippen LogP contribution in [-0.4, -0.2) is 36.6 Å². The lowest BCUT2D eigenvalue weighted by atomic mass is 9.95. The van der Waals surface area contributed by atoms with Crippen molar-refractivity contribution in [1.29, 1.82) is 0 Å². The first-order chi connectivity index (χ1) is 11.1. The van der Waals surface area contributed by atoms with E-state index in [9.17, 15) is 4.79 Å². The Morgan fingerprint density at radius 1 is 1.40 bits per heavy atom. The highest BCUT2D eigenvalue weighted by Gasteiger charge is 2.22. The molecular weight excluding hydrogens is 385 g/mol. The second-order valence-corrected chi connectivity index (χ2v) is 6.29. The Morgan fingerprint density at radius 2 is 2.20 bits per heavy atom. The molecule has 1 fully saturated rings. The van der Waals surface area contributed by atoms with Gasteiger partial charge in [0.2, 0.25) is 0 Å². The number of aromatic nitrogens is 1. The minimum absolute atomic E-state index is 0. The lowest BCUT2D eigenvalue weighted by Gasteiger charge is -2.30. The fraction of sp³-hybridized carbons (Fsp3) is 0.412. The number of benzene rings is 1. The maximum absolute atomic E-state index is 12.1. The molecule has 0 saturated carbocycles. The van der Waals surface area contributed by atoms with Gasteiger partial charge in [-0.05, 0) is 49.7 Å². The highest BCUT2D eigenvalue weighted by atomic mass is 35.5. The van der Waals surface area contributed by atoms with Crippen LogP contribution >= 0.6 is 36.4 Å². The van der Waals surface area contributed by atoms with Gasteiger partial charge in [-0.3, -0.25) is 9.78 Å². The summed E-state index contributed by atoms with van der Waals surface area (Å²) in [6.07, 6.45) is 2.63. The van der Waals surface area contributed by atoms with Crippen molar-refractivity contribution in [1.82, 2.24) is 15.6 Å².